The third kappa shape index (κ3) is 3.90. The highest BCUT2D eigenvalue weighted by atomic mass is 35.5. The summed E-state index contributed by atoms with van der Waals surface area (Å²) in [5.41, 5.74) is 2.26. The van der Waals surface area contributed by atoms with E-state index in [0.717, 1.165) is 36.8 Å². The second-order valence-electron chi connectivity index (χ2n) is 5.38. The van der Waals surface area contributed by atoms with Gasteiger partial charge in [0.05, 0.1) is 6.04 Å². The van der Waals surface area contributed by atoms with Gasteiger partial charge in [-0.25, -0.2) is 0 Å². The van der Waals surface area contributed by atoms with Gasteiger partial charge in [0.25, 0.3) is 0 Å². The Morgan fingerprint density at radius 1 is 0.955 bits per heavy atom. The van der Waals surface area contributed by atoms with Gasteiger partial charge in [0.2, 0.25) is 0 Å². The summed E-state index contributed by atoms with van der Waals surface area (Å²) in [6.45, 7) is 4.04. The molecule has 112 valence electrons. The van der Waals surface area contributed by atoms with Crippen molar-refractivity contribution in [2.45, 2.75) is 6.04 Å². The van der Waals surface area contributed by atoms with E-state index in [1.165, 1.54) is 5.56 Å². The van der Waals surface area contributed by atoms with Crippen molar-refractivity contribution < 1.29 is 0 Å². The van der Waals surface area contributed by atoms with Gasteiger partial charge in [0.15, 0.2) is 0 Å². The molecule has 0 aromatic heterocycles. The minimum absolute atomic E-state index is 0.111. The average molecular weight is 311 g/mol. The molecular formula is C19H19ClN2. The van der Waals surface area contributed by atoms with Crippen LogP contribution in [-0.4, -0.2) is 31.1 Å². The van der Waals surface area contributed by atoms with Gasteiger partial charge in [-0.1, -0.05) is 53.8 Å². The molecule has 0 aliphatic carbocycles. The van der Waals surface area contributed by atoms with Crippen LogP contribution in [0.2, 0.25) is 5.02 Å². The Labute approximate surface area is 137 Å². The summed E-state index contributed by atoms with van der Waals surface area (Å²) in [7, 11) is 0. The third-order valence-electron chi connectivity index (χ3n) is 3.83. The molecule has 1 fully saturated rings. The van der Waals surface area contributed by atoms with E-state index < -0.39 is 0 Å². The summed E-state index contributed by atoms with van der Waals surface area (Å²) in [6.07, 6.45) is 0. The van der Waals surface area contributed by atoms with Crippen molar-refractivity contribution in [1.29, 1.82) is 0 Å². The molecule has 2 aromatic carbocycles. The van der Waals surface area contributed by atoms with Crippen molar-refractivity contribution >= 4 is 11.6 Å². The van der Waals surface area contributed by atoms with Gasteiger partial charge in [-0.3, -0.25) is 4.90 Å². The molecule has 1 unspecified atom stereocenters. The van der Waals surface area contributed by atoms with Crippen LogP contribution in [0.25, 0.3) is 0 Å². The van der Waals surface area contributed by atoms with Crippen molar-refractivity contribution in [1.82, 2.24) is 10.2 Å². The predicted octanol–water partition coefficient (Wildman–Crippen LogP) is 3.34. The Balaban J connectivity index is 1.89. The molecule has 1 aliphatic heterocycles. The topological polar surface area (TPSA) is 15.3 Å². The van der Waals surface area contributed by atoms with E-state index in [9.17, 15) is 0 Å². The first kappa shape index (κ1) is 15.1. The third-order valence-corrected chi connectivity index (χ3v) is 4.08. The maximum atomic E-state index is 6.02. The van der Waals surface area contributed by atoms with E-state index in [1.54, 1.807) is 0 Å². The van der Waals surface area contributed by atoms with E-state index in [0.29, 0.717) is 0 Å². The molecular weight excluding hydrogens is 292 g/mol. The molecule has 1 heterocycles. The predicted molar refractivity (Wildman–Crippen MR) is 92.0 cm³/mol. The fourth-order valence-corrected chi connectivity index (χ4v) is 2.77. The lowest BCUT2D eigenvalue weighted by atomic mass is 10.0. The van der Waals surface area contributed by atoms with E-state index in [2.05, 4.69) is 34.2 Å². The van der Waals surface area contributed by atoms with Gasteiger partial charge in [0, 0.05) is 36.8 Å². The van der Waals surface area contributed by atoms with Gasteiger partial charge in [-0.2, -0.15) is 0 Å². The Hall–Kier alpha value is -1.79. The molecule has 3 heteroatoms. The lowest BCUT2D eigenvalue weighted by Gasteiger charge is -2.32. The molecule has 1 aliphatic rings. The molecule has 1 N–H and O–H groups in total. The second-order valence-corrected chi connectivity index (χ2v) is 5.81. The standard InChI is InChI=1S/C19H19ClN2/c20-18-9-7-17(8-10-18)19(22-14-12-21-13-15-22)11-6-16-4-2-1-3-5-16/h1-5,7-10,19,21H,12-15H2. The highest BCUT2D eigenvalue weighted by Crippen LogP contribution is 2.22. The Kier molecular flexibility index (Phi) is 5.13. The molecule has 0 amide bonds. The van der Waals surface area contributed by atoms with E-state index in [-0.39, 0.29) is 6.04 Å². The number of benzene rings is 2. The number of hydrogen-bond acceptors (Lipinski definition) is 2. The maximum Gasteiger partial charge on any atom is 0.0975 e. The summed E-state index contributed by atoms with van der Waals surface area (Å²) < 4.78 is 0. The van der Waals surface area contributed by atoms with Crippen LogP contribution >= 0.6 is 11.6 Å². The van der Waals surface area contributed by atoms with E-state index in [1.807, 2.05) is 42.5 Å². The highest BCUT2D eigenvalue weighted by Gasteiger charge is 2.20. The van der Waals surface area contributed by atoms with Crippen LogP contribution in [0.15, 0.2) is 54.6 Å². The number of piperazine rings is 1. The van der Waals surface area contributed by atoms with Gasteiger partial charge in [-0.05, 0) is 29.8 Å². The van der Waals surface area contributed by atoms with Crippen LogP contribution in [-0.2, 0) is 0 Å². The molecule has 2 nitrogen and oxygen atoms in total. The molecule has 3 rings (SSSR count). The second kappa shape index (κ2) is 7.47. The molecule has 0 bridgehead atoms. The van der Waals surface area contributed by atoms with Crippen LogP contribution in [0.1, 0.15) is 17.2 Å². The van der Waals surface area contributed by atoms with Crippen molar-refractivity contribution in [3.8, 4) is 11.8 Å². The highest BCUT2D eigenvalue weighted by molar-refractivity contribution is 6.30. The average Bonchev–Trinajstić information content (AvgIpc) is 2.58. The minimum Gasteiger partial charge on any atom is -0.314 e. The van der Waals surface area contributed by atoms with Gasteiger partial charge >= 0.3 is 0 Å². The first-order valence-electron chi connectivity index (χ1n) is 7.60. The zero-order chi connectivity index (χ0) is 15.2. The molecule has 1 atom stereocenters. The number of nitrogens with one attached hydrogen (secondary N) is 1. The smallest absolute Gasteiger partial charge is 0.0975 e. The number of halogens is 1. The normalized spacial score (nSPS) is 16.6. The minimum atomic E-state index is 0.111. The first-order valence-corrected chi connectivity index (χ1v) is 7.97. The van der Waals surface area contributed by atoms with Crippen molar-refractivity contribution in [2.75, 3.05) is 26.2 Å². The lowest BCUT2D eigenvalue weighted by Crippen LogP contribution is -2.44. The van der Waals surface area contributed by atoms with Gasteiger partial charge in [-0.15, -0.1) is 0 Å². The lowest BCUT2D eigenvalue weighted by molar-refractivity contribution is 0.209. The largest absolute Gasteiger partial charge is 0.314 e. The Morgan fingerprint density at radius 2 is 1.64 bits per heavy atom. The fourth-order valence-electron chi connectivity index (χ4n) is 2.64. The summed E-state index contributed by atoms with van der Waals surface area (Å²) in [4.78, 5) is 2.43. The van der Waals surface area contributed by atoms with Crippen LogP contribution in [0.5, 0.6) is 0 Å². The summed E-state index contributed by atoms with van der Waals surface area (Å²) >= 11 is 6.02. The van der Waals surface area contributed by atoms with Crippen LogP contribution in [0, 0.1) is 11.8 Å². The number of nitrogens with zero attached hydrogens (tertiary/aromatic N) is 1. The van der Waals surface area contributed by atoms with Crippen LogP contribution in [0.4, 0.5) is 0 Å². The molecule has 0 radical (unpaired) electrons. The number of rotatable bonds is 2. The fraction of sp³-hybridized carbons (Fsp3) is 0.263. The SMILES string of the molecule is Clc1ccc(C(C#Cc2ccccc2)N2CCNCC2)cc1. The maximum absolute atomic E-state index is 6.02. The van der Waals surface area contributed by atoms with E-state index in [4.69, 9.17) is 11.6 Å². The zero-order valence-corrected chi connectivity index (χ0v) is 13.2. The van der Waals surface area contributed by atoms with Gasteiger partial charge in [0.1, 0.15) is 0 Å². The summed E-state index contributed by atoms with van der Waals surface area (Å²) in [6, 6.07) is 18.3. The zero-order valence-electron chi connectivity index (χ0n) is 12.4. The van der Waals surface area contributed by atoms with Crippen molar-refractivity contribution in [3.63, 3.8) is 0 Å². The Morgan fingerprint density at radius 3 is 2.32 bits per heavy atom. The summed E-state index contributed by atoms with van der Waals surface area (Å²) in [5.74, 6) is 6.76. The molecule has 2 aromatic rings. The number of hydrogen-bond donors (Lipinski definition) is 1. The van der Waals surface area contributed by atoms with Gasteiger partial charge < -0.3 is 5.32 Å². The van der Waals surface area contributed by atoms with Crippen LogP contribution in [0.3, 0.4) is 0 Å². The first-order chi connectivity index (χ1) is 10.8. The molecule has 0 saturated carbocycles. The monoisotopic (exact) mass is 310 g/mol. The summed E-state index contributed by atoms with van der Waals surface area (Å²) in [5, 5.41) is 4.16. The quantitative estimate of drug-likeness (QED) is 0.856. The molecule has 22 heavy (non-hydrogen) atoms. The van der Waals surface area contributed by atoms with Crippen molar-refractivity contribution in [2.24, 2.45) is 0 Å². The van der Waals surface area contributed by atoms with E-state index >= 15 is 0 Å². The Bertz CT molecular complexity index is 649. The van der Waals surface area contributed by atoms with Crippen molar-refractivity contribution in [3.05, 3.63) is 70.7 Å². The van der Waals surface area contributed by atoms with Crippen LogP contribution < -0.4 is 5.32 Å². The molecule has 0 spiro atoms. The molecule has 1 saturated heterocycles.